The molecule has 2 aromatic rings. The number of hydrogen-bond donors (Lipinski definition) is 1. The van der Waals surface area contributed by atoms with E-state index >= 15 is 0 Å². The molecular formula is C27H25F3N2O6. The highest BCUT2D eigenvalue weighted by Gasteiger charge is 2.76. The first-order valence-corrected chi connectivity index (χ1v) is 12.5. The Kier molecular flexibility index (Phi) is 5.68. The molecule has 11 heteroatoms. The third-order valence-corrected chi connectivity index (χ3v) is 8.25. The highest BCUT2D eigenvalue weighted by atomic mass is 19.4. The van der Waals surface area contributed by atoms with E-state index in [4.69, 9.17) is 9.47 Å². The predicted molar refractivity (Wildman–Crippen MR) is 125 cm³/mol. The first kappa shape index (κ1) is 25.0. The van der Waals surface area contributed by atoms with Gasteiger partial charge >= 0.3 is 12.1 Å². The molecule has 4 aliphatic heterocycles. The number of fused-ring (bicyclic) bond motifs is 6. The van der Waals surface area contributed by atoms with Crippen LogP contribution < -0.4 is 4.90 Å². The molecule has 200 valence electrons. The van der Waals surface area contributed by atoms with Crippen LogP contribution in [0.25, 0.3) is 0 Å². The number of nitrogens with zero attached hydrogens (tertiary/aromatic N) is 2. The number of aliphatic hydroxyl groups excluding tert-OH is 1. The summed E-state index contributed by atoms with van der Waals surface area (Å²) in [6, 6.07) is 10.9. The molecule has 2 amide bonds. The minimum atomic E-state index is -4.57. The lowest BCUT2D eigenvalue weighted by atomic mass is 9.74. The maximum atomic E-state index is 14.1. The average Bonchev–Trinajstić information content (AvgIpc) is 3.46. The second kappa shape index (κ2) is 8.62. The van der Waals surface area contributed by atoms with Crippen LogP contribution in [0.4, 0.5) is 18.9 Å². The van der Waals surface area contributed by atoms with Crippen molar-refractivity contribution < 1.29 is 42.1 Å². The molecule has 2 bridgehead atoms. The fraction of sp³-hybridized carbons (Fsp3) is 0.444. The first-order valence-electron chi connectivity index (χ1n) is 12.5. The van der Waals surface area contributed by atoms with Crippen LogP contribution in [-0.2, 0) is 30.0 Å². The van der Waals surface area contributed by atoms with Crippen LogP contribution in [0, 0.1) is 11.8 Å². The average molecular weight is 530 g/mol. The molecule has 4 fully saturated rings. The molecule has 0 radical (unpaired) electrons. The number of piperidine rings is 1. The summed E-state index contributed by atoms with van der Waals surface area (Å²) in [4.78, 5) is 44.6. The number of esters is 1. The standard InChI is InChI=1S/C27H25F3N2O6/c1-2-37-25(36)26-13-17-12-18(24(35)38-17)32(26)21(14-8-10-15(11-9-14)27(28,29)30)19-20(26)23(34)31(22(19)33)16-6-4-3-5-7-16/h3-11,17-21,24,35H,2,12-13H2,1H3/t17-,18-,19-,20-,21-,24-,26-/m1/s1. The predicted octanol–water partition coefficient (Wildman–Crippen LogP) is 3.05. The van der Waals surface area contributed by atoms with E-state index in [-0.39, 0.29) is 13.0 Å². The number of carbonyl (C=O) groups excluding carboxylic acids is 3. The summed E-state index contributed by atoms with van der Waals surface area (Å²) in [5.74, 6) is -4.13. The molecule has 0 aliphatic carbocycles. The van der Waals surface area contributed by atoms with Gasteiger partial charge < -0.3 is 14.6 Å². The largest absolute Gasteiger partial charge is 0.465 e. The number of rotatable bonds is 4. The van der Waals surface area contributed by atoms with Crippen molar-refractivity contribution in [2.75, 3.05) is 11.5 Å². The van der Waals surface area contributed by atoms with Crippen molar-refractivity contribution in [2.45, 2.75) is 56.0 Å². The van der Waals surface area contributed by atoms with Crippen molar-refractivity contribution >= 4 is 23.5 Å². The molecule has 7 atom stereocenters. The number of imide groups is 1. The van der Waals surface area contributed by atoms with Gasteiger partial charge in [0.15, 0.2) is 6.29 Å². The SMILES string of the molecule is CCOC(=O)[C@]12C[C@H]3C[C@H]([C@H](O)O3)N1[C@H](c1ccc(C(F)(F)F)cc1)[C@@H]1C(=O)N(c3ccccc3)C(=O)[C@@H]12. The van der Waals surface area contributed by atoms with Crippen LogP contribution in [0.3, 0.4) is 0 Å². The Balaban J connectivity index is 1.55. The van der Waals surface area contributed by atoms with Gasteiger partial charge in [-0.15, -0.1) is 0 Å². The molecule has 0 saturated carbocycles. The van der Waals surface area contributed by atoms with E-state index in [1.54, 1.807) is 42.2 Å². The highest BCUT2D eigenvalue weighted by molar-refractivity contribution is 6.24. The van der Waals surface area contributed by atoms with Crippen molar-refractivity contribution in [3.63, 3.8) is 0 Å². The minimum absolute atomic E-state index is 0.000650. The molecule has 38 heavy (non-hydrogen) atoms. The van der Waals surface area contributed by atoms with Crippen molar-refractivity contribution in [3.05, 3.63) is 65.7 Å². The second-order valence-corrected chi connectivity index (χ2v) is 10.1. The van der Waals surface area contributed by atoms with E-state index in [0.29, 0.717) is 17.7 Å². The van der Waals surface area contributed by atoms with E-state index in [0.717, 1.165) is 17.0 Å². The van der Waals surface area contributed by atoms with Crippen LogP contribution in [0.15, 0.2) is 54.6 Å². The number of aliphatic hydroxyl groups is 1. The van der Waals surface area contributed by atoms with Gasteiger partial charge in [0.1, 0.15) is 5.54 Å². The zero-order valence-electron chi connectivity index (χ0n) is 20.3. The summed E-state index contributed by atoms with van der Waals surface area (Å²) >= 11 is 0. The normalized spacial score (nSPS) is 34.4. The number of ether oxygens (including phenoxy) is 2. The summed E-state index contributed by atoms with van der Waals surface area (Å²) in [5.41, 5.74) is -1.85. The lowest BCUT2D eigenvalue weighted by Crippen LogP contribution is -2.64. The molecule has 8 nitrogen and oxygen atoms in total. The van der Waals surface area contributed by atoms with Gasteiger partial charge in [-0.3, -0.25) is 19.3 Å². The Bertz CT molecular complexity index is 1290. The van der Waals surface area contributed by atoms with Crippen LogP contribution in [0.2, 0.25) is 0 Å². The number of halogens is 3. The monoisotopic (exact) mass is 530 g/mol. The molecular weight excluding hydrogens is 505 g/mol. The molecule has 1 N–H and O–H groups in total. The summed E-state index contributed by atoms with van der Waals surface area (Å²) in [6.07, 6.45) is -6.09. The first-order chi connectivity index (χ1) is 18.1. The topological polar surface area (TPSA) is 96.4 Å². The molecule has 6 rings (SSSR count). The van der Waals surface area contributed by atoms with Gasteiger partial charge in [-0.1, -0.05) is 30.3 Å². The van der Waals surface area contributed by atoms with E-state index < -0.39 is 71.4 Å². The van der Waals surface area contributed by atoms with Gasteiger partial charge in [0.25, 0.3) is 0 Å². The van der Waals surface area contributed by atoms with Crippen LogP contribution >= 0.6 is 0 Å². The van der Waals surface area contributed by atoms with Gasteiger partial charge in [-0.05, 0) is 43.2 Å². The minimum Gasteiger partial charge on any atom is -0.465 e. The summed E-state index contributed by atoms with van der Waals surface area (Å²) in [5, 5.41) is 10.8. The van der Waals surface area contributed by atoms with Crippen LogP contribution in [-0.4, -0.2) is 58.4 Å². The lowest BCUT2D eigenvalue weighted by Gasteiger charge is -2.47. The molecule has 0 aromatic heterocycles. The van der Waals surface area contributed by atoms with Gasteiger partial charge in [-0.25, -0.2) is 4.90 Å². The van der Waals surface area contributed by atoms with Crippen LogP contribution in [0.5, 0.6) is 0 Å². The lowest BCUT2D eigenvalue weighted by molar-refractivity contribution is -0.167. The summed E-state index contributed by atoms with van der Waals surface area (Å²) < 4.78 is 51.2. The Labute approximate surface area is 215 Å². The van der Waals surface area contributed by atoms with Gasteiger partial charge in [-0.2, -0.15) is 13.2 Å². The number of benzene rings is 2. The fourth-order valence-electron chi connectivity index (χ4n) is 6.93. The van der Waals surface area contributed by atoms with Crippen LogP contribution in [0.1, 0.15) is 36.9 Å². The van der Waals surface area contributed by atoms with E-state index in [9.17, 15) is 32.7 Å². The van der Waals surface area contributed by atoms with E-state index in [1.165, 1.54) is 12.1 Å². The zero-order chi connectivity index (χ0) is 27.0. The summed E-state index contributed by atoms with van der Waals surface area (Å²) in [7, 11) is 0. The van der Waals surface area contributed by atoms with E-state index in [1.807, 2.05) is 0 Å². The zero-order valence-corrected chi connectivity index (χ0v) is 20.3. The number of hydrogen-bond acceptors (Lipinski definition) is 7. The number of carbonyl (C=O) groups is 3. The second-order valence-electron chi connectivity index (χ2n) is 10.1. The Morgan fingerprint density at radius 2 is 1.79 bits per heavy atom. The number of para-hydroxylation sites is 1. The maximum Gasteiger partial charge on any atom is 0.416 e. The number of amides is 2. The molecule has 4 aliphatic rings. The molecule has 0 unspecified atom stereocenters. The summed E-state index contributed by atoms with van der Waals surface area (Å²) in [6.45, 7) is 1.64. The molecule has 4 heterocycles. The van der Waals surface area contributed by atoms with Gasteiger partial charge in [0, 0.05) is 12.5 Å². The van der Waals surface area contributed by atoms with Gasteiger partial charge in [0.2, 0.25) is 11.8 Å². The third-order valence-electron chi connectivity index (χ3n) is 8.25. The third kappa shape index (κ3) is 3.38. The fourth-order valence-corrected chi connectivity index (χ4v) is 6.93. The maximum absolute atomic E-state index is 14.1. The Hall–Kier alpha value is -3.28. The van der Waals surface area contributed by atoms with Crippen molar-refractivity contribution in [1.82, 2.24) is 4.90 Å². The highest BCUT2D eigenvalue weighted by Crippen LogP contribution is 2.62. The molecule has 0 spiro atoms. The molecule has 4 saturated heterocycles. The molecule has 2 aromatic carbocycles. The van der Waals surface area contributed by atoms with Crippen molar-refractivity contribution in [2.24, 2.45) is 11.8 Å². The smallest absolute Gasteiger partial charge is 0.416 e. The van der Waals surface area contributed by atoms with E-state index in [2.05, 4.69) is 0 Å². The van der Waals surface area contributed by atoms with Crippen molar-refractivity contribution in [3.8, 4) is 0 Å². The number of alkyl halides is 3. The van der Waals surface area contributed by atoms with Gasteiger partial charge in [0.05, 0.1) is 41.8 Å². The Morgan fingerprint density at radius 3 is 2.42 bits per heavy atom. The number of anilines is 1. The Morgan fingerprint density at radius 1 is 1.11 bits per heavy atom. The van der Waals surface area contributed by atoms with Crippen molar-refractivity contribution in [1.29, 1.82) is 0 Å². The quantitative estimate of drug-likeness (QED) is 0.480.